The minimum Gasteiger partial charge on any atom is -0.505 e. The molecule has 0 aliphatic rings. The van der Waals surface area contributed by atoms with Crippen molar-refractivity contribution in [1.29, 1.82) is 0 Å². The first-order valence-corrected chi connectivity index (χ1v) is 12.5. The van der Waals surface area contributed by atoms with Crippen LogP contribution < -0.4 is 10.9 Å². The number of hydrogen-bond donors (Lipinski definition) is 2. The molecule has 0 amide bonds. The molecule has 0 fully saturated rings. The summed E-state index contributed by atoms with van der Waals surface area (Å²) in [4.78, 5) is 12.9. The largest absolute Gasteiger partial charge is 0.505 e. The van der Waals surface area contributed by atoms with Gasteiger partial charge in [-0.3, -0.25) is 9.48 Å². The van der Waals surface area contributed by atoms with Gasteiger partial charge in [0.25, 0.3) is 5.56 Å². The van der Waals surface area contributed by atoms with Gasteiger partial charge in [0, 0.05) is 37.0 Å². The predicted molar refractivity (Wildman–Crippen MR) is 138 cm³/mol. The third-order valence-corrected chi connectivity index (χ3v) is 6.69. The Balaban J connectivity index is 1.29. The molecule has 0 radical (unpaired) electrons. The van der Waals surface area contributed by atoms with Crippen molar-refractivity contribution in [3.63, 3.8) is 0 Å². The van der Waals surface area contributed by atoms with Crippen molar-refractivity contribution in [2.75, 3.05) is 11.9 Å². The van der Waals surface area contributed by atoms with Gasteiger partial charge in [-0.15, -0.1) is 0 Å². The number of nitrogens with one attached hydrogen (secondary N) is 1. The van der Waals surface area contributed by atoms with Crippen LogP contribution in [0.1, 0.15) is 62.6 Å². The molecule has 0 aliphatic heterocycles. The van der Waals surface area contributed by atoms with E-state index in [1.54, 1.807) is 4.68 Å². The highest BCUT2D eigenvalue weighted by atomic mass is 35.5. The number of anilines is 1. The van der Waals surface area contributed by atoms with Crippen molar-refractivity contribution in [2.24, 2.45) is 7.05 Å². The molecule has 0 unspecified atom stereocenters. The van der Waals surface area contributed by atoms with Gasteiger partial charge in [-0.2, -0.15) is 0 Å². The third kappa shape index (κ3) is 6.66. The minimum atomic E-state index is -0.670. The van der Waals surface area contributed by atoms with E-state index in [0.717, 1.165) is 55.6 Å². The lowest BCUT2D eigenvalue weighted by Gasteiger charge is -2.09. The van der Waals surface area contributed by atoms with E-state index in [1.165, 1.54) is 37.8 Å². The summed E-state index contributed by atoms with van der Waals surface area (Å²) in [5.74, 6) is -1.10. The second kappa shape index (κ2) is 12.7. The molecular formula is C27H35ClFN3O2. The molecule has 1 aromatic heterocycles. The Morgan fingerprint density at radius 3 is 2.26 bits per heavy atom. The number of aromatic hydroxyl groups is 1. The first kappa shape index (κ1) is 25.9. The van der Waals surface area contributed by atoms with E-state index in [4.69, 9.17) is 11.6 Å². The van der Waals surface area contributed by atoms with Gasteiger partial charge in [0.05, 0.1) is 16.4 Å². The van der Waals surface area contributed by atoms with Crippen molar-refractivity contribution in [3.05, 3.63) is 74.9 Å². The number of aromatic nitrogens is 2. The summed E-state index contributed by atoms with van der Waals surface area (Å²) in [6, 6.07) is 12.2. The highest BCUT2D eigenvalue weighted by Crippen LogP contribution is 2.29. The van der Waals surface area contributed by atoms with Crippen LogP contribution in [0.2, 0.25) is 5.02 Å². The number of halogens is 2. The van der Waals surface area contributed by atoms with Gasteiger partial charge in [0.2, 0.25) is 0 Å². The Morgan fingerprint density at radius 1 is 0.971 bits per heavy atom. The topological polar surface area (TPSA) is 59.2 Å². The summed E-state index contributed by atoms with van der Waals surface area (Å²) in [5.41, 5.74) is 3.47. The van der Waals surface area contributed by atoms with Crippen molar-refractivity contribution in [3.8, 4) is 11.4 Å². The molecule has 0 spiro atoms. The Hall–Kier alpha value is -2.73. The molecule has 34 heavy (non-hydrogen) atoms. The van der Waals surface area contributed by atoms with Crippen LogP contribution >= 0.6 is 11.6 Å². The first-order chi connectivity index (χ1) is 16.4. The smallest absolute Gasteiger partial charge is 0.274 e. The van der Waals surface area contributed by atoms with E-state index in [9.17, 15) is 14.3 Å². The van der Waals surface area contributed by atoms with E-state index in [1.807, 2.05) is 49.0 Å². The lowest BCUT2D eigenvalue weighted by molar-refractivity contribution is 0.432. The molecule has 7 heteroatoms. The fourth-order valence-electron chi connectivity index (χ4n) is 4.29. The number of nitrogens with zero attached hydrogens (tertiary/aromatic N) is 2. The van der Waals surface area contributed by atoms with E-state index in [2.05, 4.69) is 5.32 Å². The standard InChI is InChI=1S/C27H35ClFN3O2/c1-20-22(27(34)32(31(20)2)21-14-10-9-11-15-21)16-12-7-5-3-4-6-8-13-17-30-25-19-24(29)26(33)18-23(25)28/h9-11,14-15,18-19,30,33H,3-8,12-13,16-17H2,1-2H3. The van der Waals surface area contributed by atoms with Gasteiger partial charge in [0.15, 0.2) is 11.6 Å². The molecule has 3 rings (SSSR count). The van der Waals surface area contributed by atoms with E-state index >= 15 is 0 Å². The van der Waals surface area contributed by atoms with Crippen LogP contribution in [0, 0.1) is 12.7 Å². The maximum atomic E-state index is 13.4. The summed E-state index contributed by atoms with van der Waals surface area (Å²) in [7, 11) is 1.94. The number of unbranched alkanes of at least 4 members (excludes halogenated alkanes) is 7. The van der Waals surface area contributed by atoms with Crippen molar-refractivity contribution in [1.82, 2.24) is 9.36 Å². The predicted octanol–water partition coefficient (Wildman–Crippen LogP) is 6.76. The number of phenolic OH excluding ortho intramolecular Hbond substituents is 1. The van der Waals surface area contributed by atoms with Gasteiger partial charge in [-0.05, 0) is 38.3 Å². The summed E-state index contributed by atoms with van der Waals surface area (Å²) >= 11 is 6.01. The highest BCUT2D eigenvalue weighted by Gasteiger charge is 2.15. The molecule has 2 N–H and O–H groups in total. The molecular weight excluding hydrogens is 453 g/mol. The maximum Gasteiger partial charge on any atom is 0.274 e. The fraction of sp³-hybridized carbons (Fsp3) is 0.444. The number of phenols is 1. The van der Waals surface area contributed by atoms with Crippen LogP contribution in [0.4, 0.5) is 10.1 Å². The summed E-state index contributed by atoms with van der Waals surface area (Å²) in [6.45, 7) is 2.75. The Bertz CT molecular complexity index is 1130. The van der Waals surface area contributed by atoms with Gasteiger partial charge >= 0.3 is 0 Å². The Morgan fingerprint density at radius 2 is 1.59 bits per heavy atom. The minimum absolute atomic E-state index is 0.0936. The number of benzene rings is 2. The average Bonchev–Trinajstić information content (AvgIpc) is 3.03. The van der Waals surface area contributed by atoms with Gasteiger partial charge in [-0.1, -0.05) is 68.3 Å². The third-order valence-electron chi connectivity index (χ3n) is 6.38. The van der Waals surface area contributed by atoms with Crippen molar-refractivity contribution < 1.29 is 9.50 Å². The molecule has 0 saturated heterocycles. The van der Waals surface area contributed by atoms with Crippen LogP contribution in [-0.4, -0.2) is 21.0 Å². The summed E-state index contributed by atoms with van der Waals surface area (Å²) in [5, 5.41) is 12.8. The van der Waals surface area contributed by atoms with E-state index < -0.39 is 11.6 Å². The van der Waals surface area contributed by atoms with Crippen molar-refractivity contribution >= 4 is 17.3 Å². The average molecular weight is 488 g/mol. The quantitative estimate of drug-likeness (QED) is 0.207. The fourth-order valence-corrected chi connectivity index (χ4v) is 4.52. The summed E-state index contributed by atoms with van der Waals surface area (Å²) in [6.07, 6.45) is 9.81. The molecule has 2 aromatic carbocycles. The van der Waals surface area contributed by atoms with Crippen LogP contribution in [0.3, 0.4) is 0 Å². The van der Waals surface area contributed by atoms with Crippen molar-refractivity contribution in [2.45, 2.75) is 64.7 Å². The van der Waals surface area contributed by atoms with Crippen LogP contribution in [0.25, 0.3) is 5.69 Å². The van der Waals surface area contributed by atoms with Gasteiger partial charge < -0.3 is 10.4 Å². The lowest BCUT2D eigenvalue weighted by atomic mass is 10.0. The first-order valence-electron chi connectivity index (χ1n) is 12.1. The second-order valence-electron chi connectivity index (χ2n) is 8.83. The molecule has 5 nitrogen and oxygen atoms in total. The molecule has 184 valence electrons. The monoisotopic (exact) mass is 487 g/mol. The molecule has 0 saturated carbocycles. The molecule has 3 aromatic rings. The molecule has 0 aliphatic carbocycles. The number of hydrogen-bond acceptors (Lipinski definition) is 3. The van der Waals surface area contributed by atoms with Gasteiger partial charge in [0.1, 0.15) is 0 Å². The molecule has 0 atom stereocenters. The van der Waals surface area contributed by atoms with Crippen LogP contribution in [0.15, 0.2) is 47.3 Å². The van der Waals surface area contributed by atoms with E-state index in [-0.39, 0.29) is 5.56 Å². The normalized spacial score (nSPS) is 11.2. The Kier molecular flexibility index (Phi) is 9.63. The SMILES string of the molecule is Cc1c(CCCCCCCCCCNc2cc(F)c(O)cc2Cl)c(=O)n(-c2ccccc2)n1C. The lowest BCUT2D eigenvalue weighted by Crippen LogP contribution is -2.20. The molecule has 0 bridgehead atoms. The van der Waals surface area contributed by atoms with E-state index in [0.29, 0.717) is 10.7 Å². The zero-order valence-electron chi connectivity index (χ0n) is 20.1. The second-order valence-corrected chi connectivity index (χ2v) is 9.24. The Labute approximate surface area is 206 Å². The zero-order chi connectivity index (χ0) is 24.5. The molecule has 1 heterocycles. The van der Waals surface area contributed by atoms with Gasteiger partial charge in [-0.25, -0.2) is 9.07 Å². The van der Waals surface area contributed by atoms with Crippen LogP contribution in [-0.2, 0) is 13.5 Å². The number of rotatable bonds is 13. The number of para-hydroxylation sites is 1. The summed E-state index contributed by atoms with van der Waals surface area (Å²) < 4.78 is 17.1. The van der Waals surface area contributed by atoms with Crippen LogP contribution in [0.5, 0.6) is 5.75 Å². The maximum absolute atomic E-state index is 13.4. The highest BCUT2D eigenvalue weighted by molar-refractivity contribution is 6.33. The zero-order valence-corrected chi connectivity index (χ0v) is 20.9.